The first-order chi connectivity index (χ1) is 43.6. The highest BCUT2D eigenvalue weighted by atomic mass is 15.1. The lowest BCUT2D eigenvalue weighted by Crippen LogP contribution is -2.17. The maximum atomic E-state index is 12.7. The maximum Gasteiger partial charge on any atom is 0.104 e. The van der Waals surface area contributed by atoms with Gasteiger partial charge in [0.05, 0.1) is 66.9 Å². The van der Waals surface area contributed by atoms with Crippen molar-refractivity contribution in [3.8, 4) is 34.9 Å². The Morgan fingerprint density at radius 1 is 0.271 bits per heavy atom. The highest BCUT2D eigenvalue weighted by molar-refractivity contribution is 6.16. The molecule has 0 atom stereocenters. The van der Waals surface area contributed by atoms with Crippen LogP contribution in [0.5, 0.6) is 0 Å². The van der Waals surface area contributed by atoms with Crippen LogP contribution in [0.25, 0.3) is 110 Å². The van der Waals surface area contributed by atoms with Gasteiger partial charge in [0.2, 0.25) is 0 Å². The predicted molar refractivity (Wildman–Crippen MR) is 291 cm³/mol. The average molecular weight is 925 g/mol. The Morgan fingerprint density at radius 2 is 0.457 bits per heavy atom. The first-order valence-electron chi connectivity index (χ1n) is 34.0. The summed E-state index contributed by atoms with van der Waals surface area (Å²) in [6.07, 6.45) is 0. The zero-order chi connectivity index (χ0) is 68.0. The molecular formula is C64H48N6. The quantitative estimate of drug-likeness (QED) is 0.176. The summed E-state index contributed by atoms with van der Waals surface area (Å²) in [6, 6.07) is 38.1. The molecule has 9 aromatic carbocycles. The Bertz CT molecular complexity index is 5050. The third kappa shape index (κ3) is 5.71. The van der Waals surface area contributed by atoms with Gasteiger partial charge in [-0.2, -0.15) is 10.5 Å². The molecule has 0 radical (unpaired) electrons. The Labute approximate surface area is 439 Å². The van der Waals surface area contributed by atoms with E-state index in [4.69, 9.17) is 32.9 Å². The molecule has 70 heavy (non-hydrogen) atoms. The fraction of sp³-hybridized carbons (Fsp3) is 0.125. The van der Waals surface area contributed by atoms with Crippen molar-refractivity contribution >= 4 is 87.2 Å². The molecular weight excluding hydrogens is 853 g/mol. The molecule has 0 aliphatic carbocycles. The van der Waals surface area contributed by atoms with Crippen molar-refractivity contribution in [3.63, 3.8) is 0 Å². The molecule has 13 rings (SSSR count). The molecule has 0 saturated carbocycles. The molecule has 0 amide bonds. The second-order valence-electron chi connectivity index (χ2n) is 17.6. The van der Waals surface area contributed by atoms with Crippen LogP contribution in [0.4, 0.5) is 0 Å². The third-order valence-electron chi connectivity index (χ3n) is 13.6. The van der Waals surface area contributed by atoms with Crippen LogP contribution in [-0.2, 0) is 0 Å². The van der Waals surface area contributed by atoms with Crippen LogP contribution in [0.1, 0.15) is 88.5 Å². The molecule has 4 aromatic heterocycles. The normalized spacial score (nSPS) is 18.5. The molecule has 334 valence electrons. The van der Waals surface area contributed by atoms with Gasteiger partial charge in [-0.15, -0.1) is 0 Å². The first-order valence-corrected chi connectivity index (χ1v) is 22.0. The number of aromatic nitrogens is 4. The number of benzene rings is 9. The highest BCUT2D eigenvalue weighted by Crippen LogP contribution is 2.49. The van der Waals surface area contributed by atoms with Gasteiger partial charge in [0.1, 0.15) is 23.3 Å². The molecule has 0 N–H and O–H groups in total. The zero-order valence-electron chi connectivity index (χ0n) is 60.5. The molecule has 0 aliphatic rings. The number of hydrogen-bond donors (Lipinski definition) is 0. The van der Waals surface area contributed by atoms with Crippen molar-refractivity contribution in [2.75, 3.05) is 0 Å². The Hall–Kier alpha value is -8.84. The van der Waals surface area contributed by atoms with E-state index in [0.717, 1.165) is 0 Å². The monoisotopic (exact) mass is 925 g/mol. The molecule has 0 saturated heterocycles. The van der Waals surface area contributed by atoms with Gasteiger partial charge in [-0.3, -0.25) is 0 Å². The van der Waals surface area contributed by atoms with E-state index in [1.54, 1.807) is 13.7 Å². The van der Waals surface area contributed by atoms with Gasteiger partial charge in [-0.25, -0.2) is 0 Å². The van der Waals surface area contributed by atoms with Crippen molar-refractivity contribution in [2.45, 2.75) is 54.8 Å². The van der Waals surface area contributed by atoms with Gasteiger partial charge in [0, 0.05) is 76.0 Å². The van der Waals surface area contributed by atoms with Crippen molar-refractivity contribution in [1.82, 2.24) is 18.3 Å². The van der Waals surface area contributed by atoms with Crippen molar-refractivity contribution < 1.29 is 32.9 Å². The topological polar surface area (TPSA) is 67.3 Å². The third-order valence-corrected chi connectivity index (χ3v) is 13.6. The van der Waals surface area contributed by atoms with E-state index in [1.807, 2.05) is 0 Å². The molecule has 4 heterocycles. The van der Waals surface area contributed by atoms with Crippen LogP contribution >= 0.6 is 0 Å². The number of fused-ring (bicyclic) bond motifs is 12. The van der Waals surface area contributed by atoms with E-state index in [1.165, 1.54) is 150 Å². The largest absolute Gasteiger partial charge is 0.306 e. The number of rotatable bonds is 4. The van der Waals surface area contributed by atoms with Gasteiger partial charge >= 0.3 is 0 Å². The first kappa shape index (κ1) is 23.4. The van der Waals surface area contributed by atoms with Gasteiger partial charge in [0.25, 0.3) is 0 Å². The second kappa shape index (κ2) is 14.8. The highest BCUT2D eigenvalue weighted by Gasteiger charge is 2.34. The molecule has 0 unspecified atom stereocenters. The fourth-order valence-electron chi connectivity index (χ4n) is 10.8. The maximum absolute atomic E-state index is 12.7. The molecule has 6 heteroatoms. The SMILES string of the molecule is [2H]C([2H])([2H])c1ccc2c(c1)c1cc(C([2H])([2H])[2H])ccc1n2-c1c(C#N)c(-n2c3ccc(C([2H])([2H])[2H])cc3c3cc(C([2H])([2H])[2H])ccc32)c(-n2c3ccc(C([2H])([2H])[2H])cc3c3cc(C([2H])([2H])[2H])ccc32)c(-n2c3ccc(C([2H])([2H])[2H])cc3c3cc(C([2H])([2H])[2H])ccc32)c1C#N. The van der Waals surface area contributed by atoms with E-state index in [9.17, 15) is 10.5 Å². The van der Waals surface area contributed by atoms with Crippen LogP contribution in [-0.4, -0.2) is 18.3 Å². The minimum atomic E-state index is -2.75. The Kier molecular flexibility index (Phi) is 4.97. The van der Waals surface area contributed by atoms with Crippen LogP contribution in [0, 0.1) is 77.5 Å². The van der Waals surface area contributed by atoms with Crippen LogP contribution in [0.3, 0.4) is 0 Å². The summed E-state index contributed by atoms with van der Waals surface area (Å²) in [5, 5.41) is 26.6. The Morgan fingerprint density at radius 3 is 0.643 bits per heavy atom. The van der Waals surface area contributed by atoms with E-state index in [-0.39, 0.29) is 166 Å². The van der Waals surface area contributed by atoms with Crippen LogP contribution in [0.15, 0.2) is 146 Å². The standard InChI is InChI=1S/C64H48N6/c1-35-9-17-53-43(25-35)44-26-36(2)10-18-54(44)67(53)61-51(33-65)62(68-55-19-11-37(3)27-45(55)46-28-38(4)12-20-56(46)68)64(70-59-23-15-41(7)31-49(59)50-32-42(8)16-24-60(50)70)63(52(61)34-66)69-57-21-13-39(5)29-47(57)48-30-40(6)14-22-58(48)69/h9-32H,1-8H3/i1D3,2D3,3D3,4D3,5D3,6D3,7D3,8D3. The van der Waals surface area contributed by atoms with Crippen LogP contribution in [0.2, 0.25) is 0 Å². The summed E-state index contributed by atoms with van der Waals surface area (Å²) in [6.45, 7) is -22.0. The second-order valence-corrected chi connectivity index (χ2v) is 17.6. The number of aryl methyl sites for hydroxylation is 8. The summed E-state index contributed by atoms with van der Waals surface area (Å²) in [7, 11) is 0. The number of hydrogen-bond acceptors (Lipinski definition) is 2. The van der Waals surface area contributed by atoms with Crippen molar-refractivity contribution in [3.05, 3.63) is 201 Å². The number of nitriles is 2. The molecule has 0 fully saturated rings. The summed E-state index contributed by atoms with van der Waals surface area (Å²) in [4.78, 5) is 0. The Balaban J connectivity index is 1.40. The predicted octanol–water partition coefficient (Wildman–Crippen LogP) is 16.3. The van der Waals surface area contributed by atoms with E-state index in [0.29, 0.717) is 0 Å². The van der Waals surface area contributed by atoms with Crippen molar-refractivity contribution in [1.29, 1.82) is 10.5 Å². The summed E-state index contributed by atoms with van der Waals surface area (Å²) in [5.41, 5.74) is -1.74. The minimum absolute atomic E-state index is 0.132. The smallest absolute Gasteiger partial charge is 0.104 e. The van der Waals surface area contributed by atoms with Crippen LogP contribution < -0.4 is 0 Å². The zero-order valence-corrected chi connectivity index (χ0v) is 36.5. The lowest BCUT2D eigenvalue weighted by molar-refractivity contribution is 1.02. The van der Waals surface area contributed by atoms with E-state index < -0.39 is 54.8 Å². The summed E-state index contributed by atoms with van der Waals surface area (Å²) < 4.78 is 212. The van der Waals surface area contributed by atoms with Gasteiger partial charge < -0.3 is 18.3 Å². The lowest BCUT2D eigenvalue weighted by atomic mass is 9.98. The number of nitrogens with zero attached hydrogens (tertiary/aromatic N) is 6. The van der Waals surface area contributed by atoms with Gasteiger partial charge in [-0.1, -0.05) is 93.0 Å². The fourth-order valence-corrected chi connectivity index (χ4v) is 10.8. The van der Waals surface area contributed by atoms with E-state index in [2.05, 4.69) is 12.1 Å². The molecule has 0 spiro atoms. The lowest BCUT2D eigenvalue weighted by Gasteiger charge is -2.27. The van der Waals surface area contributed by atoms with Gasteiger partial charge in [-0.05, 0) is 152 Å². The minimum Gasteiger partial charge on any atom is -0.306 e. The van der Waals surface area contributed by atoms with Crippen molar-refractivity contribution in [2.24, 2.45) is 0 Å². The molecule has 6 nitrogen and oxygen atoms in total. The molecule has 0 bridgehead atoms. The molecule has 0 aliphatic heterocycles. The van der Waals surface area contributed by atoms with E-state index >= 15 is 0 Å². The molecule has 13 aromatic rings. The average Bonchev–Trinajstić information content (AvgIpc) is 1.47. The van der Waals surface area contributed by atoms with Gasteiger partial charge in [0.15, 0.2) is 0 Å². The summed E-state index contributed by atoms with van der Waals surface area (Å²) >= 11 is 0. The summed E-state index contributed by atoms with van der Waals surface area (Å²) in [5.74, 6) is 0.